The van der Waals surface area contributed by atoms with Crippen LogP contribution in [0, 0.1) is 11.6 Å². The molecule has 4 N–H and O–H groups in total. The second kappa shape index (κ2) is 5.30. The average molecular weight is 258 g/mol. The van der Waals surface area contributed by atoms with Crippen LogP contribution in [-0.4, -0.2) is 17.6 Å². The van der Waals surface area contributed by atoms with Crippen LogP contribution in [-0.2, 0) is 4.79 Å². The molecule has 0 aliphatic heterocycles. The van der Waals surface area contributed by atoms with E-state index in [1.807, 2.05) is 0 Å². The first kappa shape index (κ1) is 14.4. The Morgan fingerprint density at radius 3 is 2.67 bits per heavy atom. The lowest BCUT2D eigenvalue weighted by Crippen LogP contribution is -2.51. The molecule has 1 rings (SSSR count). The Hall–Kier alpha value is -1.69. The highest BCUT2D eigenvalue weighted by molar-refractivity contribution is 5.83. The molecule has 0 heterocycles. The molecule has 0 spiro atoms. The van der Waals surface area contributed by atoms with E-state index in [2.05, 4.69) is 0 Å². The van der Waals surface area contributed by atoms with Gasteiger partial charge in [0.2, 0.25) is 5.91 Å². The van der Waals surface area contributed by atoms with Crippen LogP contribution in [0.5, 0.6) is 5.75 Å². The number of carbonyl (C=O) groups is 1. The van der Waals surface area contributed by atoms with E-state index < -0.39 is 29.2 Å². The fourth-order valence-corrected chi connectivity index (χ4v) is 1.52. The first-order valence-corrected chi connectivity index (χ1v) is 5.43. The molecule has 6 heteroatoms. The maximum absolute atomic E-state index is 13.3. The van der Waals surface area contributed by atoms with E-state index in [4.69, 9.17) is 16.2 Å². The van der Waals surface area contributed by atoms with Gasteiger partial charge < -0.3 is 16.2 Å². The summed E-state index contributed by atoms with van der Waals surface area (Å²) >= 11 is 0. The highest BCUT2D eigenvalue weighted by atomic mass is 19.1. The summed E-state index contributed by atoms with van der Waals surface area (Å²) in [6.07, 6.45) is -0.484. The Labute approximate surface area is 104 Å². The third kappa shape index (κ3) is 3.66. The third-order valence-electron chi connectivity index (χ3n) is 2.50. The van der Waals surface area contributed by atoms with E-state index in [1.54, 1.807) is 6.92 Å². The summed E-state index contributed by atoms with van der Waals surface area (Å²) in [4.78, 5) is 11.0. The zero-order chi connectivity index (χ0) is 13.9. The number of halogens is 2. The van der Waals surface area contributed by atoms with Crippen LogP contribution in [0.1, 0.15) is 20.3 Å². The van der Waals surface area contributed by atoms with Gasteiger partial charge in [-0.3, -0.25) is 4.79 Å². The zero-order valence-electron chi connectivity index (χ0n) is 10.2. The molecule has 2 unspecified atom stereocenters. The number of primary amides is 1. The van der Waals surface area contributed by atoms with Crippen LogP contribution < -0.4 is 16.2 Å². The zero-order valence-corrected chi connectivity index (χ0v) is 10.2. The molecule has 1 aromatic carbocycles. The van der Waals surface area contributed by atoms with Crippen molar-refractivity contribution in [2.75, 3.05) is 0 Å². The molecule has 1 amide bonds. The van der Waals surface area contributed by atoms with Crippen molar-refractivity contribution in [1.82, 2.24) is 0 Å². The minimum Gasteiger partial charge on any atom is -0.487 e. The van der Waals surface area contributed by atoms with E-state index in [0.29, 0.717) is 0 Å². The summed E-state index contributed by atoms with van der Waals surface area (Å²) in [7, 11) is 0. The number of amides is 1. The molecule has 0 saturated carbocycles. The van der Waals surface area contributed by atoms with Crippen LogP contribution in [0.2, 0.25) is 0 Å². The summed E-state index contributed by atoms with van der Waals surface area (Å²) in [5, 5.41) is 0. The first-order chi connectivity index (χ1) is 8.22. The smallest absolute Gasteiger partial charge is 0.237 e. The first-order valence-electron chi connectivity index (χ1n) is 5.43. The maximum Gasteiger partial charge on any atom is 0.237 e. The molecule has 0 saturated heterocycles. The van der Waals surface area contributed by atoms with Gasteiger partial charge in [0.05, 0.1) is 11.6 Å². The average Bonchev–Trinajstić information content (AvgIpc) is 2.22. The molecular weight excluding hydrogens is 242 g/mol. The van der Waals surface area contributed by atoms with Crippen LogP contribution in [0.4, 0.5) is 8.78 Å². The predicted octanol–water partition coefficient (Wildman–Crippen LogP) is 1.32. The molecule has 4 nitrogen and oxygen atoms in total. The SMILES string of the molecule is CC(CC(C)(N)C(N)=O)Oc1cc(F)ccc1F. The lowest BCUT2D eigenvalue weighted by Gasteiger charge is -2.25. The van der Waals surface area contributed by atoms with E-state index in [1.165, 1.54) is 6.92 Å². The number of ether oxygens (including phenoxy) is 1. The molecule has 0 aromatic heterocycles. The number of nitrogens with two attached hydrogens (primary N) is 2. The maximum atomic E-state index is 13.3. The van der Waals surface area contributed by atoms with Crippen molar-refractivity contribution in [1.29, 1.82) is 0 Å². The number of hydrogen-bond donors (Lipinski definition) is 2. The van der Waals surface area contributed by atoms with Gasteiger partial charge in [0.15, 0.2) is 11.6 Å². The Kier molecular flexibility index (Phi) is 4.24. The fraction of sp³-hybridized carbons (Fsp3) is 0.417. The van der Waals surface area contributed by atoms with Crippen LogP contribution in [0.15, 0.2) is 18.2 Å². The van der Waals surface area contributed by atoms with E-state index in [0.717, 1.165) is 18.2 Å². The van der Waals surface area contributed by atoms with Gasteiger partial charge in [-0.1, -0.05) is 0 Å². The second-order valence-corrected chi connectivity index (χ2v) is 4.49. The number of benzene rings is 1. The fourth-order valence-electron chi connectivity index (χ4n) is 1.52. The molecule has 0 bridgehead atoms. The summed E-state index contributed by atoms with van der Waals surface area (Å²) in [5.41, 5.74) is 9.51. The largest absolute Gasteiger partial charge is 0.487 e. The molecule has 100 valence electrons. The quantitative estimate of drug-likeness (QED) is 0.836. The molecule has 2 atom stereocenters. The van der Waals surface area contributed by atoms with Gasteiger partial charge in [0.1, 0.15) is 5.82 Å². The van der Waals surface area contributed by atoms with Crippen LogP contribution in [0.25, 0.3) is 0 Å². The predicted molar refractivity (Wildman–Crippen MR) is 62.9 cm³/mol. The van der Waals surface area contributed by atoms with Gasteiger partial charge in [0.25, 0.3) is 0 Å². The lowest BCUT2D eigenvalue weighted by molar-refractivity contribution is -0.123. The van der Waals surface area contributed by atoms with E-state index >= 15 is 0 Å². The molecule has 0 aliphatic carbocycles. The Bertz CT molecular complexity index is 450. The van der Waals surface area contributed by atoms with Gasteiger partial charge in [-0.05, 0) is 26.0 Å². The van der Waals surface area contributed by atoms with Gasteiger partial charge >= 0.3 is 0 Å². The van der Waals surface area contributed by atoms with E-state index in [-0.39, 0.29) is 12.2 Å². The van der Waals surface area contributed by atoms with Crippen molar-refractivity contribution < 1.29 is 18.3 Å². The van der Waals surface area contributed by atoms with Gasteiger partial charge in [-0.15, -0.1) is 0 Å². The van der Waals surface area contributed by atoms with Crippen molar-refractivity contribution in [3.8, 4) is 5.75 Å². The Balaban J connectivity index is 2.73. The van der Waals surface area contributed by atoms with Crippen LogP contribution in [0.3, 0.4) is 0 Å². The van der Waals surface area contributed by atoms with Crippen molar-refractivity contribution in [3.05, 3.63) is 29.8 Å². The van der Waals surface area contributed by atoms with E-state index in [9.17, 15) is 13.6 Å². The van der Waals surface area contributed by atoms with Crippen molar-refractivity contribution in [2.45, 2.75) is 31.9 Å². The summed E-state index contributed by atoms with van der Waals surface area (Å²) in [6.45, 7) is 3.05. The monoisotopic (exact) mass is 258 g/mol. The van der Waals surface area contributed by atoms with Gasteiger partial charge in [-0.2, -0.15) is 0 Å². The number of hydrogen-bond acceptors (Lipinski definition) is 3. The molecule has 0 radical (unpaired) electrons. The number of rotatable bonds is 5. The Morgan fingerprint density at radius 2 is 2.11 bits per heavy atom. The summed E-state index contributed by atoms with van der Waals surface area (Å²) in [5.74, 6) is -2.19. The molecule has 0 fully saturated rings. The van der Waals surface area contributed by atoms with Gasteiger partial charge in [0, 0.05) is 12.5 Å². The van der Waals surface area contributed by atoms with Crippen LogP contribution >= 0.6 is 0 Å². The summed E-state index contributed by atoms with van der Waals surface area (Å²) < 4.78 is 31.4. The highest BCUT2D eigenvalue weighted by Gasteiger charge is 2.29. The third-order valence-corrected chi connectivity index (χ3v) is 2.50. The number of carbonyl (C=O) groups excluding carboxylic acids is 1. The Morgan fingerprint density at radius 1 is 1.50 bits per heavy atom. The normalized spacial score (nSPS) is 15.8. The molecule has 0 aliphatic rings. The molecule has 18 heavy (non-hydrogen) atoms. The standard InChI is InChI=1S/C12H16F2N2O2/c1-7(6-12(2,16)11(15)17)18-10-5-8(13)3-4-9(10)14/h3-5,7H,6,16H2,1-2H3,(H2,15,17). The molecular formula is C12H16F2N2O2. The lowest BCUT2D eigenvalue weighted by atomic mass is 9.95. The highest BCUT2D eigenvalue weighted by Crippen LogP contribution is 2.21. The molecule has 1 aromatic rings. The topological polar surface area (TPSA) is 78.3 Å². The minimum absolute atomic E-state index is 0.0955. The van der Waals surface area contributed by atoms with Crippen molar-refractivity contribution in [2.24, 2.45) is 11.5 Å². The second-order valence-electron chi connectivity index (χ2n) is 4.49. The van der Waals surface area contributed by atoms with Crippen molar-refractivity contribution in [3.63, 3.8) is 0 Å². The summed E-state index contributed by atoms with van der Waals surface area (Å²) in [6, 6.07) is 2.89. The van der Waals surface area contributed by atoms with Gasteiger partial charge in [-0.25, -0.2) is 8.78 Å². The van der Waals surface area contributed by atoms with Crippen molar-refractivity contribution >= 4 is 5.91 Å². The minimum atomic E-state index is -1.26.